The zero-order valence-corrected chi connectivity index (χ0v) is 19.9. The summed E-state index contributed by atoms with van der Waals surface area (Å²) in [5.74, 6) is -0.914. The Hall–Kier alpha value is -3.35. The molecule has 0 saturated carbocycles. The standard InChI is InChI=1S/C27H34N2O5/c1-27(2,16-25(31)32)18-29-24(30)14-4-3-9-15-28-26(33)34-17-23-21-12-7-5-10-19(21)20-11-6-8-13-22(20)23/h5-8,10-13,23H,3-4,9,14-18H2,1-2H3,(H,28,33)(H,29,30)(H,31,32). The summed E-state index contributed by atoms with van der Waals surface area (Å²) in [6.45, 7) is 4.75. The summed E-state index contributed by atoms with van der Waals surface area (Å²) in [4.78, 5) is 35.0. The topological polar surface area (TPSA) is 105 Å². The van der Waals surface area contributed by atoms with Gasteiger partial charge in [-0.2, -0.15) is 0 Å². The van der Waals surface area contributed by atoms with Gasteiger partial charge in [0.2, 0.25) is 5.91 Å². The van der Waals surface area contributed by atoms with Gasteiger partial charge in [0.15, 0.2) is 0 Å². The van der Waals surface area contributed by atoms with Crippen LogP contribution in [0.3, 0.4) is 0 Å². The highest BCUT2D eigenvalue weighted by Gasteiger charge is 2.29. The lowest BCUT2D eigenvalue weighted by molar-refractivity contribution is -0.139. The molecule has 0 fully saturated rings. The van der Waals surface area contributed by atoms with Crippen molar-refractivity contribution in [2.75, 3.05) is 19.7 Å². The van der Waals surface area contributed by atoms with Gasteiger partial charge in [0.05, 0.1) is 6.42 Å². The third kappa shape index (κ3) is 7.07. The lowest BCUT2D eigenvalue weighted by atomic mass is 9.89. The molecule has 0 atom stereocenters. The Kier molecular flexibility index (Phi) is 8.68. The Morgan fingerprint density at radius 3 is 2.15 bits per heavy atom. The van der Waals surface area contributed by atoms with Gasteiger partial charge in [0.1, 0.15) is 6.61 Å². The number of carbonyl (C=O) groups excluding carboxylic acids is 2. The second kappa shape index (κ2) is 11.7. The fourth-order valence-electron chi connectivity index (χ4n) is 4.33. The maximum atomic E-state index is 12.2. The number of hydrogen-bond acceptors (Lipinski definition) is 4. The molecule has 0 aliphatic heterocycles. The molecule has 0 unspecified atom stereocenters. The van der Waals surface area contributed by atoms with E-state index in [4.69, 9.17) is 9.84 Å². The summed E-state index contributed by atoms with van der Waals surface area (Å²) in [6.07, 6.45) is 2.22. The van der Waals surface area contributed by atoms with Crippen molar-refractivity contribution in [3.05, 3.63) is 59.7 Å². The third-order valence-corrected chi connectivity index (χ3v) is 6.09. The van der Waals surface area contributed by atoms with E-state index in [1.54, 1.807) is 0 Å². The molecule has 1 aliphatic carbocycles. The zero-order valence-electron chi connectivity index (χ0n) is 19.9. The van der Waals surface area contributed by atoms with Crippen molar-refractivity contribution in [2.45, 2.75) is 51.9 Å². The smallest absolute Gasteiger partial charge is 0.407 e. The molecule has 1 aliphatic rings. The number of fused-ring (bicyclic) bond motifs is 3. The first kappa shape index (κ1) is 25.3. The highest BCUT2D eigenvalue weighted by atomic mass is 16.5. The number of ether oxygens (including phenoxy) is 1. The minimum atomic E-state index is -0.872. The van der Waals surface area contributed by atoms with Gasteiger partial charge in [0, 0.05) is 25.4 Å². The van der Waals surface area contributed by atoms with E-state index in [2.05, 4.69) is 34.9 Å². The van der Waals surface area contributed by atoms with E-state index >= 15 is 0 Å². The van der Waals surface area contributed by atoms with Crippen LogP contribution in [0.5, 0.6) is 0 Å². The second-order valence-corrected chi connectivity index (χ2v) is 9.57. The predicted molar refractivity (Wildman–Crippen MR) is 131 cm³/mol. The van der Waals surface area contributed by atoms with Gasteiger partial charge in [-0.15, -0.1) is 0 Å². The molecular formula is C27H34N2O5. The Morgan fingerprint density at radius 1 is 0.912 bits per heavy atom. The molecule has 0 aromatic heterocycles. The molecule has 2 aromatic carbocycles. The maximum Gasteiger partial charge on any atom is 0.407 e. The molecule has 34 heavy (non-hydrogen) atoms. The number of amides is 2. The maximum absolute atomic E-state index is 12.2. The molecule has 0 radical (unpaired) electrons. The Morgan fingerprint density at radius 2 is 1.53 bits per heavy atom. The van der Waals surface area contributed by atoms with E-state index in [-0.39, 0.29) is 24.9 Å². The number of alkyl carbamates (subject to hydrolysis) is 1. The first-order valence-corrected chi connectivity index (χ1v) is 11.8. The monoisotopic (exact) mass is 466 g/mol. The van der Waals surface area contributed by atoms with Gasteiger partial charge >= 0.3 is 12.1 Å². The molecule has 2 amide bonds. The SMILES string of the molecule is CC(C)(CNC(=O)CCCCCNC(=O)OCC1c2ccccc2-c2ccccc21)CC(=O)O. The van der Waals surface area contributed by atoms with E-state index in [1.165, 1.54) is 22.3 Å². The van der Waals surface area contributed by atoms with Crippen molar-refractivity contribution in [3.63, 3.8) is 0 Å². The number of benzene rings is 2. The first-order valence-electron chi connectivity index (χ1n) is 11.8. The number of unbranched alkanes of at least 4 members (excludes halogenated alkanes) is 2. The van der Waals surface area contributed by atoms with Gasteiger partial charge in [-0.25, -0.2) is 4.79 Å². The minimum Gasteiger partial charge on any atom is -0.481 e. The van der Waals surface area contributed by atoms with Crippen LogP contribution in [0.1, 0.15) is 63.0 Å². The molecule has 0 heterocycles. The van der Waals surface area contributed by atoms with Crippen molar-refractivity contribution in [2.24, 2.45) is 5.41 Å². The Labute approximate surface area is 200 Å². The number of carboxylic acid groups (broad SMARTS) is 1. The Bertz CT molecular complexity index is 972. The van der Waals surface area contributed by atoms with Gasteiger partial charge in [-0.1, -0.05) is 68.8 Å². The lowest BCUT2D eigenvalue weighted by Crippen LogP contribution is -2.35. The fraction of sp³-hybridized carbons (Fsp3) is 0.444. The van der Waals surface area contributed by atoms with Crippen molar-refractivity contribution in [1.82, 2.24) is 10.6 Å². The Balaban J connectivity index is 1.30. The van der Waals surface area contributed by atoms with Crippen molar-refractivity contribution < 1.29 is 24.2 Å². The quantitative estimate of drug-likeness (QED) is 0.393. The number of aliphatic carboxylic acids is 1. The van der Waals surface area contributed by atoms with Crippen LogP contribution >= 0.6 is 0 Å². The average Bonchev–Trinajstić information content (AvgIpc) is 3.11. The number of hydrogen-bond donors (Lipinski definition) is 3. The molecule has 7 heteroatoms. The number of carboxylic acids is 1. The molecule has 2 aromatic rings. The summed E-state index contributed by atoms with van der Waals surface area (Å²) in [5.41, 5.74) is 4.28. The van der Waals surface area contributed by atoms with Crippen LogP contribution in [0.2, 0.25) is 0 Å². The van der Waals surface area contributed by atoms with Crippen LogP contribution in [0.15, 0.2) is 48.5 Å². The number of carbonyl (C=O) groups is 3. The van der Waals surface area contributed by atoms with Gasteiger partial charge in [0.25, 0.3) is 0 Å². The normalized spacial score (nSPS) is 12.5. The molecule has 3 N–H and O–H groups in total. The lowest BCUT2D eigenvalue weighted by Gasteiger charge is -2.22. The second-order valence-electron chi connectivity index (χ2n) is 9.57. The van der Waals surface area contributed by atoms with Gasteiger partial charge < -0.3 is 20.5 Å². The van der Waals surface area contributed by atoms with Crippen molar-refractivity contribution in [1.29, 1.82) is 0 Å². The summed E-state index contributed by atoms with van der Waals surface area (Å²) in [7, 11) is 0. The molecule has 3 rings (SSSR count). The van der Waals surface area contributed by atoms with Crippen LogP contribution in [0.4, 0.5) is 4.79 Å². The van der Waals surface area contributed by atoms with E-state index in [0.29, 0.717) is 25.9 Å². The zero-order chi connectivity index (χ0) is 24.6. The predicted octanol–water partition coefficient (Wildman–Crippen LogP) is 4.70. The number of nitrogens with one attached hydrogen (secondary N) is 2. The molecule has 7 nitrogen and oxygen atoms in total. The largest absolute Gasteiger partial charge is 0.481 e. The molecular weight excluding hydrogens is 432 g/mol. The van der Waals surface area contributed by atoms with E-state index in [0.717, 1.165) is 12.8 Å². The van der Waals surface area contributed by atoms with Crippen LogP contribution in [-0.2, 0) is 14.3 Å². The van der Waals surface area contributed by atoms with Crippen molar-refractivity contribution >= 4 is 18.0 Å². The third-order valence-electron chi connectivity index (χ3n) is 6.09. The summed E-state index contributed by atoms with van der Waals surface area (Å²) >= 11 is 0. The van der Waals surface area contributed by atoms with Crippen LogP contribution in [0.25, 0.3) is 11.1 Å². The molecule has 0 spiro atoms. The van der Waals surface area contributed by atoms with Gasteiger partial charge in [-0.3, -0.25) is 9.59 Å². The number of rotatable bonds is 12. The average molecular weight is 467 g/mol. The van der Waals surface area contributed by atoms with E-state index < -0.39 is 17.5 Å². The summed E-state index contributed by atoms with van der Waals surface area (Å²) in [5, 5.41) is 14.5. The molecule has 0 saturated heterocycles. The molecule has 182 valence electrons. The molecule has 0 bridgehead atoms. The summed E-state index contributed by atoms with van der Waals surface area (Å²) in [6, 6.07) is 16.4. The van der Waals surface area contributed by atoms with Crippen LogP contribution in [0, 0.1) is 5.41 Å². The van der Waals surface area contributed by atoms with Gasteiger partial charge in [-0.05, 0) is 40.5 Å². The van der Waals surface area contributed by atoms with Crippen LogP contribution in [-0.4, -0.2) is 42.8 Å². The van der Waals surface area contributed by atoms with E-state index in [9.17, 15) is 14.4 Å². The summed E-state index contributed by atoms with van der Waals surface area (Å²) < 4.78 is 5.52. The van der Waals surface area contributed by atoms with Crippen LogP contribution < -0.4 is 10.6 Å². The first-order chi connectivity index (χ1) is 16.3. The highest BCUT2D eigenvalue weighted by molar-refractivity contribution is 5.79. The highest BCUT2D eigenvalue weighted by Crippen LogP contribution is 2.44. The fourth-order valence-corrected chi connectivity index (χ4v) is 4.33. The van der Waals surface area contributed by atoms with E-state index in [1.807, 2.05) is 38.1 Å². The minimum absolute atomic E-state index is 0.00875. The van der Waals surface area contributed by atoms with Crippen molar-refractivity contribution in [3.8, 4) is 11.1 Å².